The molecule has 0 amide bonds. The number of halogens is 1. The standard InChI is InChI=1S/C4H2BrN7O2/c5-2-6-1-11(10-2)3-7-4(9-8-3)12(13)14/h1H,(H,7,8,9). The lowest BCUT2D eigenvalue weighted by Crippen LogP contribution is -1.97. The average Bonchev–Trinajstić information content (AvgIpc) is 2.70. The maximum Gasteiger partial charge on any atom is 0.455 e. The Bertz CT molecular complexity index is 475. The molecule has 72 valence electrons. The minimum atomic E-state index is -0.678. The van der Waals surface area contributed by atoms with Crippen LogP contribution in [0, 0.1) is 10.1 Å². The predicted octanol–water partition coefficient (Wildman–Crippen LogP) is 0.0561. The molecule has 14 heavy (non-hydrogen) atoms. The van der Waals surface area contributed by atoms with Crippen LogP contribution in [0.3, 0.4) is 0 Å². The molecule has 2 aromatic heterocycles. The predicted molar refractivity (Wildman–Crippen MR) is 45.7 cm³/mol. The Morgan fingerprint density at radius 2 is 2.43 bits per heavy atom. The molecule has 1 N–H and O–H groups in total. The molecule has 0 radical (unpaired) electrons. The smallest absolute Gasteiger partial charge is 0.390 e. The van der Waals surface area contributed by atoms with Gasteiger partial charge in [-0.1, -0.05) is 5.10 Å². The van der Waals surface area contributed by atoms with E-state index in [1.807, 2.05) is 0 Å². The summed E-state index contributed by atoms with van der Waals surface area (Å²) in [5, 5.41) is 19.8. The Hall–Kier alpha value is -1.84. The normalized spacial score (nSPS) is 10.4. The number of hydrogen-bond donors (Lipinski definition) is 1. The van der Waals surface area contributed by atoms with Crippen LogP contribution in [0.5, 0.6) is 0 Å². The number of H-pyrrole nitrogens is 1. The summed E-state index contributed by atoms with van der Waals surface area (Å²) in [6, 6.07) is 0. The molecule has 2 aromatic rings. The van der Waals surface area contributed by atoms with Crippen LogP contribution in [0.15, 0.2) is 11.1 Å². The van der Waals surface area contributed by atoms with Gasteiger partial charge in [-0.25, -0.2) is 4.98 Å². The van der Waals surface area contributed by atoms with E-state index in [4.69, 9.17) is 0 Å². The van der Waals surface area contributed by atoms with Crippen LogP contribution >= 0.6 is 15.9 Å². The zero-order chi connectivity index (χ0) is 10.1. The number of aromatic amines is 1. The van der Waals surface area contributed by atoms with Gasteiger partial charge in [0.15, 0.2) is 0 Å². The van der Waals surface area contributed by atoms with Crippen LogP contribution in [0.1, 0.15) is 0 Å². The quantitative estimate of drug-likeness (QED) is 0.602. The molecule has 0 bridgehead atoms. The van der Waals surface area contributed by atoms with E-state index in [1.54, 1.807) is 0 Å². The summed E-state index contributed by atoms with van der Waals surface area (Å²) in [7, 11) is 0. The topological polar surface area (TPSA) is 115 Å². The second-order valence-corrected chi connectivity index (χ2v) is 2.88. The lowest BCUT2D eigenvalue weighted by Gasteiger charge is -1.85. The van der Waals surface area contributed by atoms with E-state index in [1.165, 1.54) is 11.0 Å². The highest BCUT2D eigenvalue weighted by atomic mass is 79.9. The molecule has 2 heterocycles. The highest BCUT2D eigenvalue weighted by molar-refractivity contribution is 9.10. The van der Waals surface area contributed by atoms with Crippen molar-refractivity contribution in [2.24, 2.45) is 0 Å². The van der Waals surface area contributed by atoms with Gasteiger partial charge >= 0.3 is 11.9 Å². The number of aromatic nitrogens is 6. The van der Waals surface area contributed by atoms with Gasteiger partial charge in [0.2, 0.25) is 4.73 Å². The largest absolute Gasteiger partial charge is 0.455 e. The number of hydrogen-bond acceptors (Lipinski definition) is 6. The van der Waals surface area contributed by atoms with Gasteiger partial charge in [-0.15, -0.1) is 10.2 Å². The maximum absolute atomic E-state index is 10.3. The van der Waals surface area contributed by atoms with Gasteiger partial charge < -0.3 is 10.1 Å². The Kier molecular flexibility index (Phi) is 1.96. The lowest BCUT2D eigenvalue weighted by atomic mass is 11.0. The number of nitrogens with zero attached hydrogens (tertiary/aromatic N) is 6. The van der Waals surface area contributed by atoms with Gasteiger partial charge in [0.25, 0.3) is 0 Å². The Morgan fingerprint density at radius 1 is 1.64 bits per heavy atom. The monoisotopic (exact) mass is 259 g/mol. The van der Waals surface area contributed by atoms with Gasteiger partial charge in [0.05, 0.1) is 0 Å². The molecule has 2 rings (SSSR count). The first kappa shape index (κ1) is 8.74. The first-order valence-electron chi connectivity index (χ1n) is 3.31. The summed E-state index contributed by atoms with van der Waals surface area (Å²) in [5.41, 5.74) is 0. The molecule has 0 aromatic carbocycles. The van der Waals surface area contributed by atoms with Crippen LogP contribution < -0.4 is 0 Å². The van der Waals surface area contributed by atoms with Crippen molar-refractivity contribution in [3.8, 4) is 5.95 Å². The zero-order valence-corrected chi connectivity index (χ0v) is 8.04. The fraction of sp³-hybridized carbons (Fsp3) is 0. The summed E-state index contributed by atoms with van der Waals surface area (Å²) in [5.74, 6) is -0.374. The van der Waals surface area contributed by atoms with Crippen LogP contribution in [-0.2, 0) is 0 Å². The van der Waals surface area contributed by atoms with Crippen molar-refractivity contribution in [1.82, 2.24) is 29.9 Å². The highest BCUT2D eigenvalue weighted by Gasteiger charge is 2.16. The van der Waals surface area contributed by atoms with Gasteiger partial charge in [0.1, 0.15) is 6.33 Å². The van der Waals surface area contributed by atoms with Crippen molar-refractivity contribution < 1.29 is 4.92 Å². The molecule has 0 unspecified atom stereocenters. The first-order chi connectivity index (χ1) is 6.66. The first-order valence-corrected chi connectivity index (χ1v) is 4.10. The van der Waals surface area contributed by atoms with Crippen molar-refractivity contribution in [2.75, 3.05) is 0 Å². The molecule has 0 saturated heterocycles. The molecule has 9 nitrogen and oxygen atoms in total. The molecule has 0 saturated carbocycles. The van der Waals surface area contributed by atoms with Gasteiger partial charge in [-0.2, -0.15) is 4.68 Å². The van der Waals surface area contributed by atoms with Crippen LogP contribution in [0.4, 0.5) is 5.95 Å². The molecular formula is C4H2BrN7O2. The Labute approximate surface area is 84.5 Å². The molecule has 0 aliphatic heterocycles. The molecule has 10 heteroatoms. The SMILES string of the molecule is O=[N+]([O-])c1nc(-n2cnc(Br)n2)n[nH]1. The summed E-state index contributed by atoms with van der Waals surface area (Å²) < 4.78 is 1.55. The number of nitro groups is 1. The third kappa shape index (κ3) is 1.46. The van der Waals surface area contributed by atoms with Crippen LogP contribution in [0.25, 0.3) is 5.95 Å². The minimum Gasteiger partial charge on any atom is -0.390 e. The molecule has 0 aliphatic rings. The summed E-state index contributed by atoms with van der Waals surface area (Å²) in [4.78, 5) is 16.9. The fourth-order valence-corrected chi connectivity index (χ4v) is 1.03. The second-order valence-electron chi connectivity index (χ2n) is 2.17. The highest BCUT2D eigenvalue weighted by Crippen LogP contribution is 2.06. The molecule has 0 atom stereocenters. The molecule has 0 fully saturated rings. The van der Waals surface area contributed by atoms with E-state index in [9.17, 15) is 10.1 Å². The minimum absolute atomic E-state index is 0.0647. The van der Waals surface area contributed by atoms with Crippen LogP contribution in [-0.4, -0.2) is 34.9 Å². The Morgan fingerprint density at radius 3 is 2.93 bits per heavy atom. The molecular weight excluding hydrogens is 258 g/mol. The molecule has 0 spiro atoms. The van der Waals surface area contributed by atoms with Crippen molar-refractivity contribution in [3.05, 3.63) is 21.2 Å². The number of rotatable bonds is 2. The van der Waals surface area contributed by atoms with Crippen LogP contribution in [0.2, 0.25) is 0 Å². The van der Waals surface area contributed by atoms with Crippen molar-refractivity contribution in [2.45, 2.75) is 0 Å². The molecule has 0 aliphatic carbocycles. The van der Waals surface area contributed by atoms with Gasteiger partial charge in [-0.3, -0.25) is 0 Å². The third-order valence-corrected chi connectivity index (χ3v) is 1.67. The van der Waals surface area contributed by atoms with Crippen molar-refractivity contribution in [3.63, 3.8) is 0 Å². The summed E-state index contributed by atoms with van der Waals surface area (Å²) >= 11 is 3.02. The van der Waals surface area contributed by atoms with Gasteiger partial charge in [-0.05, 0) is 25.8 Å². The van der Waals surface area contributed by atoms with E-state index in [-0.39, 0.29) is 5.95 Å². The zero-order valence-electron chi connectivity index (χ0n) is 6.46. The second kappa shape index (κ2) is 3.14. The van der Waals surface area contributed by atoms with E-state index in [2.05, 4.69) is 41.2 Å². The van der Waals surface area contributed by atoms with Crippen molar-refractivity contribution in [1.29, 1.82) is 0 Å². The van der Waals surface area contributed by atoms with E-state index < -0.39 is 10.9 Å². The third-order valence-electron chi connectivity index (χ3n) is 1.30. The van der Waals surface area contributed by atoms with E-state index in [0.717, 1.165) is 0 Å². The Balaban J connectivity index is 2.38. The lowest BCUT2D eigenvalue weighted by molar-refractivity contribution is -0.394. The summed E-state index contributed by atoms with van der Waals surface area (Å²) in [6.07, 6.45) is 1.33. The van der Waals surface area contributed by atoms with E-state index in [0.29, 0.717) is 4.73 Å². The number of nitrogens with one attached hydrogen (secondary N) is 1. The van der Waals surface area contributed by atoms with Crippen molar-refractivity contribution >= 4 is 21.9 Å². The fourth-order valence-electron chi connectivity index (χ4n) is 0.768. The maximum atomic E-state index is 10.3. The van der Waals surface area contributed by atoms with E-state index >= 15 is 0 Å². The van der Waals surface area contributed by atoms with Gasteiger partial charge in [0, 0.05) is 0 Å². The summed E-state index contributed by atoms with van der Waals surface area (Å²) in [6.45, 7) is 0. The average molecular weight is 260 g/mol.